The fraction of sp³-hybridized carbons (Fsp3) is 0.593. The third-order valence-electron chi connectivity index (χ3n) is 8.04. The molecule has 2 saturated carbocycles. The normalized spacial score (nSPS) is 23.5. The van der Waals surface area contributed by atoms with Crippen LogP contribution in [0.2, 0.25) is 5.02 Å². The third-order valence-corrected chi connectivity index (χ3v) is 8.24. The van der Waals surface area contributed by atoms with Crippen LogP contribution in [0.5, 0.6) is 5.75 Å². The molecule has 2 aliphatic carbocycles. The fourth-order valence-electron chi connectivity index (χ4n) is 5.65. The van der Waals surface area contributed by atoms with Gasteiger partial charge in [-0.1, -0.05) is 17.7 Å². The van der Waals surface area contributed by atoms with E-state index in [1.54, 1.807) is 24.5 Å². The van der Waals surface area contributed by atoms with E-state index < -0.39 is 0 Å². The molecule has 2 heterocycles. The van der Waals surface area contributed by atoms with E-state index in [9.17, 15) is 9.18 Å². The van der Waals surface area contributed by atoms with Gasteiger partial charge < -0.3 is 15.0 Å². The lowest BCUT2D eigenvalue weighted by Gasteiger charge is -2.39. The predicted molar refractivity (Wildman–Crippen MR) is 134 cm³/mol. The molecule has 2 atom stereocenters. The minimum atomic E-state index is -0.378. The van der Waals surface area contributed by atoms with Gasteiger partial charge in [-0.15, -0.1) is 0 Å². The van der Waals surface area contributed by atoms with E-state index in [0.29, 0.717) is 28.9 Å². The van der Waals surface area contributed by atoms with Gasteiger partial charge in [0.25, 0.3) is 0 Å². The number of nitrogens with zero attached hydrogens (tertiary/aromatic N) is 3. The zero-order chi connectivity index (χ0) is 24.4. The Morgan fingerprint density at radius 2 is 2.00 bits per heavy atom. The monoisotopic (exact) mass is 500 g/mol. The molecular weight excluding hydrogens is 467 g/mol. The lowest BCUT2D eigenvalue weighted by atomic mass is 9.78. The Morgan fingerprint density at radius 3 is 2.66 bits per heavy atom. The van der Waals surface area contributed by atoms with Crippen molar-refractivity contribution < 1.29 is 13.9 Å². The summed E-state index contributed by atoms with van der Waals surface area (Å²) in [5, 5.41) is 3.59. The lowest BCUT2D eigenvalue weighted by Crippen LogP contribution is -2.51. The largest absolute Gasteiger partial charge is 0.493 e. The molecule has 8 heteroatoms. The number of piperidine rings is 1. The molecule has 1 aromatic heterocycles. The highest BCUT2D eigenvalue weighted by atomic mass is 35.5. The molecule has 188 valence electrons. The first kappa shape index (κ1) is 24.3. The van der Waals surface area contributed by atoms with Crippen molar-refractivity contribution >= 4 is 23.5 Å². The number of hydrogen-bond donors (Lipinski definition) is 1. The van der Waals surface area contributed by atoms with Crippen LogP contribution in [-0.2, 0) is 11.2 Å². The maximum absolute atomic E-state index is 14.5. The number of ether oxygens (including phenoxy) is 1. The summed E-state index contributed by atoms with van der Waals surface area (Å²) >= 11 is 5.89. The summed E-state index contributed by atoms with van der Waals surface area (Å²) in [6, 6.07) is 4.85. The van der Waals surface area contributed by atoms with Crippen molar-refractivity contribution in [2.24, 2.45) is 17.8 Å². The summed E-state index contributed by atoms with van der Waals surface area (Å²) in [5.74, 6) is 3.00. The minimum absolute atomic E-state index is 0.0639. The first-order valence-electron chi connectivity index (χ1n) is 12.8. The summed E-state index contributed by atoms with van der Waals surface area (Å²) < 4.78 is 20.4. The minimum Gasteiger partial charge on any atom is -0.493 e. The average Bonchev–Trinajstić information content (AvgIpc) is 3.60. The second kappa shape index (κ2) is 10.3. The number of nitrogens with one attached hydrogen (secondary N) is 1. The summed E-state index contributed by atoms with van der Waals surface area (Å²) in [7, 11) is 0. The van der Waals surface area contributed by atoms with Crippen LogP contribution in [0.3, 0.4) is 0 Å². The number of anilines is 1. The van der Waals surface area contributed by atoms with Crippen LogP contribution in [0, 0.1) is 23.6 Å². The Kier molecular flexibility index (Phi) is 7.14. The molecule has 3 fully saturated rings. The second-order valence-electron chi connectivity index (χ2n) is 10.7. The van der Waals surface area contributed by atoms with Gasteiger partial charge in [0.15, 0.2) is 0 Å². The number of halogens is 2. The summed E-state index contributed by atoms with van der Waals surface area (Å²) in [5.41, 5.74) is 0.301. The van der Waals surface area contributed by atoms with E-state index >= 15 is 0 Å². The molecule has 0 unspecified atom stereocenters. The molecule has 1 amide bonds. The maximum atomic E-state index is 14.5. The molecule has 0 bridgehead atoms. The first-order valence-corrected chi connectivity index (χ1v) is 13.2. The van der Waals surface area contributed by atoms with Crippen molar-refractivity contribution in [2.45, 2.75) is 63.8 Å². The zero-order valence-electron chi connectivity index (χ0n) is 20.3. The Balaban J connectivity index is 1.01. The highest BCUT2D eigenvalue weighted by Crippen LogP contribution is 2.49. The van der Waals surface area contributed by atoms with Crippen LogP contribution in [0.15, 0.2) is 30.6 Å². The molecular formula is C27H34ClFN4O2. The van der Waals surface area contributed by atoms with Crippen molar-refractivity contribution in [3.05, 3.63) is 47.0 Å². The summed E-state index contributed by atoms with van der Waals surface area (Å²) in [4.78, 5) is 23.2. The van der Waals surface area contributed by atoms with Crippen LogP contribution in [0.25, 0.3) is 0 Å². The Hall–Kier alpha value is -2.41. The van der Waals surface area contributed by atoms with Crippen molar-refractivity contribution in [1.29, 1.82) is 0 Å². The van der Waals surface area contributed by atoms with Crippen molar-refractivity contribution in [2.75, 3.05) is 24.6 Å². The number of aromatic nitrogens is 2. The van der Waals surface area contributed by atoms with Gasteiger partial charge in [-0.3, -0.25) is 4.79 Å². The molecule has 0 spiro atoms. The number of amides is 1. The number of rotatable bonds is 9. The maximum Gasteiger partial charge on any atom is 0.225 e. The van der Waals surface area contributed by atoms with Crippen LogP contribution in [0.1, 0.15) is 57.4 Å². The highest BCUT2D eigenvalue weighted by molar-refractivity contribution is 6.30. The third kappa shape index (κ3) is 6.05. The van der Waals surface area contributed by atoms with Gasteiger partial charge in [0.1, 0.15) is 11.6 Å². The van der Waals surface area contributed by atoms with E-state index in [4.69, 9.17) is 16.3 Å². The van der Waals surface area contributed by atoms with Gasteiger partial charge in [0.05, 0.1) is 30.4 Å². The Bertz CT molecular complexity index is 1040. The van der Waals surface area contributed by atoms with E-state index in [1.165, 1.54) is 12.5 Å². The van der Waals surface area contributed by atoms with E-state index in [2.05, 4.69) is 20.2 Å². The van der Waals surface area contributed by atoms with Crippen LogP contribution in [0.4, 0.5) is 10.3 Å². The second-order valence-corrected chi connectivity index (χ2v) is 11.2. The number of carbonyl (C=O) groups is 1. The quantitative estimate of drug-likeness (QED) is 0.513. The smallest absolute Gasteiger partial charge is 0.225 e. The first-order chi connectivity index (χ1) is 16.9. The topological polar surface area (TPSA) is 67.3 Å². The van der Waals surface area contributed by atoms with Gasteiger partial charge in [-0.2, -0.15) is 0 Å². The Morgan fingerprint density at radius 1 is 1.26 bits per heavy atom. The van der Waals surface area contributed by atoms with Gasteiger partial charge in [0.2, 0.25) is 11.9 Å². The molecule has 1 saturated heterocycles. The van der Waals surface area contributed by atoms with Crippen LogP contribution in [-0.4, -0.2) is 41.1 Å². The predicted octanol–water partition coefficient (Wildman–Crippen LogP) is 5.19. The molecule has 5 rings (SSSR count). The SMILES string of the molecule is CC1(NC(=O)Cc2ccc(OCC[C@@H]3C[C@@H]3C3CCN(c4ncc(Cl)cn4)CC3)cc2F)CCC1. The number of hydrogen-bond acceptors (Lipinski definition) is 5. The van der Waals surface area contributed by atoms with Crippen LogP contribution >= 0.6 is 11.6 Å². The molecule has 1 aliphatic heterocycles. The highest BCUT2D eigenvalue weighted by Gasteiger charge is 2.43. The van der Waals surface area contributed by atoms with Crippen LogP contribution < -0.4 is 15.0 Å². The van der Waals surface area contributed by atoms with Crippen molar-refractivity contribution in [1.82, 2.24) is 15.3 Å². The molecule has 3 aliphatic rings. The standard InChI is InChI=1S/C27H34ClFN4O2/c1-27(8-2-9-27)32-25(34)14-20-3-4-22(15-24(20)29)35-12-7-19-13-23(19)18-5-10-33(11-6-18)26-30-16-21(28)17-31-26/h3-4,15-19,23H,2,5-14H2,1H3,(H,32,34)/t19-,23-/m1/s1. The molecule has 2 aromatic rings. The van der Waals surface area contributed by atoms with E-state index in [1.807, 2.05) is 6.92 Å². The van der Waals surface area contributed by atoms with E-state index in [-0.39, 0.29) is 23.7 Å². The average molecular weight is 501 g/mol. The lowest BCUT2D eigenvalue weighted by molar-refractivity contribution is -0.123. The van der Waals surface area contributed by atoms with E-state index in [0.717, 1.165) is 69.4 Å². The van der Waals surface area contributed by atoms with Crippen molar-refractivity contribution in [3.63, 3.8) is 0 Å². The van der Waals surface area contributed by atoms with Gasteiger partial charge >= 0.3 is 0 Å². The zero-order valence-corrected chi connectivity index (χ0v) is 21.1. The summed E-state index contributed by atoms with van der Waals surface area (Å²) in [6.45, 7) is 4.60. The van der Waals surface area contributed by atoms with Gasteiger partial charge in [-0.25, -0.2) is 14.4 Å². The molecule has 6 nitrogen and oxygen atoms in total. The van der Waals surface area contributed by atoms with Crippen molar-refractivity contribution in [3.8, 4) is 5.75 Å². The molecule has 1 aromatic carbocycles. The number of benzene rings is 1. The number of carbonyl (C=O) groups excluding carboxylic acids is 1. The molecule has 0 radical (unpaired) electrons. The molecule has 1 N–H and O–H groups in total. The fourth-order valence-corrected chi connectivity index (χ4v) is 5.75. The molecule has 35 heavy (non-hydrogen) atoms. The Labute approximate surface area is 211 Å². The summed E-state index contributed by atoms with van der Waals surface area (Å²) in [6.07, 6.45) is 11.1. The van der Waals surface area contributed by atoms with Gasteiger partial charge in [-0.05, 0) is 81.3 Å². The van der Waals surface area contributed by atoms with Gasteiger partial charge in [0, 0.05) is 24.7 Å².